The third kappa shape index (κ3) is 3.58. The van der Waals surface area contributed by atoms with Crippen molar-refractivity contribution in [3.05, 3.63) is 64.4 Å². The van der Waals surface area contributed by atoms with Gasteiger partial charge in [-0.05, 0) is 36.8 Å². The lowest BCUT2D eigenvalue weighted by Crippen LogP contribution is -1.99. The van der Waals surface area contributed by atoms with Gasteiger partial charge in [0, 0.05) is 15.7 Å². The third-order valence-electron chi connectivity index (χ3n) is 2.64. The van der Waals surface area contributed by atoms with E-state index in [9.17, 15) is 9.18 Å². The average Bonchev–Trinajstić information content (AvgIpc) is 2.37. The van der Waals surface area contributed by atoms with E-state index < -0.39 is 5.82 Å². The predicted molar refractivity (Wildman–Crippen MR) is 77.4 cm³/mol. The molecule has 0 saturated heterocycles. The fourth-order valence-corrected chi connectivity index (χ4v) is 2.91. The lowest BCUT2D eigenvalue weighted by Gasteiger charge is -2.07. The van der Waals surface area contributed by atoms with Crippen LogP contribution in [0.5, 0.6) is 0 Å². The number of carbonyl (C=O) groups is 1. The van der Waals surface area contributed by atoms with E-state index in [4.69, 9.17) is 11.6 Å². The second-order valence-corrected chi connectivity index (χ2v) is 5.54. The van der Waals surface area contributed by atoms with Crippen molar-refractivity contribution >= 4 is 29.1 Å². The molecular weight excluding hydrogens is 283 g/mol. The first-order chi connectivity index (χ1) is 9.08. The van der Waals surface area contributed by atoms with Crippen LogP contribution in [0.2, 0.25) is 5.02 Å². The normalized spacial score (nSPS) is 10.5. The molecule has 0 aliphatic rings. The summed E-state index contributed by atoms with van der Waals surface area (Å²) in [5.41, 5.74) is 1.25. The Bertz CT molecular complexity index is 596. The van der Waals surface area contributed by atoms with E-state index >= 15 is 0 Å². The summed E-state index contributed by atoms with van der Waals surface area (Å²) in [7, 11) is 0. The highest BCUT2D eigenvalue weighted by atomic mass is 35.5. The van der Waals surface area contributed by atoms with Crippen LogP contribution >= 0.6 is 23.4 Å². The molecule has 0 bridgehead atoms. The molecule has 0 heterocycles. The van der Waals surface area contributed by atoms with E-state index in [-0.39, 0.29) is 11.3 Å². The number of ketones is 1. The molecule has 0 aliphatic carbocycles. The second kappa shape index (κ2) is 6.22. The summed E-state index contributed by atoms with van der Waals surface area (Å²) in [4.78, 5) is 12.1. The van der Waals surface area contributed by atoms with Gasteiger partial charge in [0.1, 0.15) is 5.82 Å². The molecule has 0 amide bonds. The Labute approximate surface area is 120 Å². The highest BCUT2D eigenvalue weighted by Crippen LogP contribution is 2.28. The molecule has 0 saturated carbocycles. The van der Waals surface area contributed by atoms with Gasteiger partial charge in [-0.15, -0.1) is 11.8 Å². The molecule has 0 fully saturated rings. The van der Waals surface area contributed by atoms with Crippen molar-refractivity contribution in [3.63, 3.8) is 0 Å². The summed E-state index contributed by atoms with van der Waals surface area (Å²) in [6.45, 7) is 1.38. The van der Waals surface area contributed by atoms with Gasteiger partial charge in [0.2, 0.25) is 0 Å². The van der Waals surface area contributed by atoms with Crippen molar-refractivity contribution in [1.82, 2.24) is 0 Å². The van der Waals surface area contributed by atoms with Crippen molar-refractivity contribution in [2.75, 3.05) is 0 Å². The van der Waals surface area contributed by atoms with Crippen LogP contribution in [0.4, 0.5) is 4.39 Å². The predicted octanol–water partition coefficient (Wildman–Crippen LogP) is 4.97. The lowest BCUT2D eigenvalue weighted by molar-refractivity contribution is 0.101. The Balaban J connectivity index is 2.18. The van der Waals surface area contributed by atoms with Crippen molar-refractivity contribution in [2.45, 2.75) is 17.6 Å². The Morgan fingerprint density at radius 1 is 1.21 bits per heavy atom. The number of hydrogen-bond donors (Lipinski definition) is 0. The maximum atomic E-state index is 13.6. The fourth-order valence-electron chi connectivity index (χ4n) is 1.71. The summed E-state index contributed by atoms with van der Waals surface area (Å²) < 4.78 is 13.6. The zero-order valence-corrected chi connectivity index (χ0v) is 11.9. The lowest BCUT2D eigenvalue weighted by atomic mass is 10.1. The van der Waals surface area contributed by atoms with Crippen LogP contribution in [-0.2, 0) is 5.75 Å². The number of Topliss-reactive ketones (excluding diaryl/α,β-unsaturated/α-hetero) is 1. The number of thioether (sulfide) groups is 1. The Morgan fingerprint density at radius 2 is 1.89 bits per heavy atom. The Morgan fingerprint density at radius 3 is 2.53 bits per heavy atom. The maximum absolute atomic E-state index is 13.6. The number of benzene rings is 2. The largest absolute Gasteiger partial charge is 0.294 e. The molecule has 19 heavy (non-hydrogen) atoms. The minimum atomic E-state index is -0.464. The molecule has 4 heteroatoms. The molecule has 98 valence electrons. The van der Waals surface area contributed by atoms with E-state index in [1.165, 1.54) is 24.8 Å². The van der Waals surface area contributed by atoms with Gasteiger partial charge in [0.15, 0.2) is 5.78 Å². The number of halogens is 2. The molecule has 0 N–H and O–H groups in total. The first-order valence-corrected chi connectivity index (χ1v) is 7.11. The van der Waals surface area contributed by atoms with Gasteiger partial charge in [-0.1, -0.05) is 29.8 Å². The van der Waals surface area contributed by atoms with Gasteiger partial charge in [-0.25, -0.2) is 4.39 Å². The van der Waals surface area contributed by atoms with Gasteiger partial charge in [0.25, 0.3) is 0 Å². The molecule has 0 spiro atoms. The monoisotopic (exact) mass is 294 g/mol. The molecule has 0 radical (unpaired) electrons. The average molecular weight is 295 g/mol. The van der Waals surface area contributed by atoms with Crippen LogP contribution in [0.15, 0.2) is 47.4 Å². The van der Waals surface area contributed by atoms with E-state index in [1.807, 2.05) is 24.3 Å². The van der Waals surface area contributed by atoms with E-state index in [1.54, 1.807) is 12.1 Å². The smallest absolute Gasteiger partial charge is 0.163 e. The Hall–Kier alpha value is -1.32. The van der Waals surface area contributed by atoms with E-state index in [0.717, 1.165) is 5.56 Å². The standard InChI is InChI=1S/C15H12ClFOS/c1-10(18)15-13(17)3-2-4-14(15)19-9-11-5-7-12(16)8-6-11/h2-8H,9H2,1H3. The zero-order chi connectivity index (χ0) is 13.8. The molecular formula is C15H12ClFOS. The van der Waals surface area contributed by atoms with E-state index in [0.29, 0.717) is 15.7 Å². The van der Waals surface area contributed by atoms with Gasteiger partial charge in [-0.2, -0.15) is 0 Å². The topological polar surface area (TPSA) is 17.1 Å². The SMILES string of the molecule is CC(=O)c1c(F)cccc1SCc1ccc(Cl)cc1. The van der Waals surface area contributed by atoms with Crippen molar-refractivity contribution in [3.8, 4) is 0 Å². The fraction of sp³-hybridized carbons (Fsp3) is 0.133. The van der Waals surface area contributed by atoms with Gasteiger partial charge in [0.05, 0.1) is 5.56 Å². The highest BCUT2D eigenvalue weighted by molar-refractivity contribution is 7.98. The molecule has 0 atom stereocenters. The van der Waals surface area contributed by atoms with E-state index in [2.05, 4.69) is 0 Å². The van der Waals surface area contributed by atoms with Crippen LogP contribution in [0.25, 0.3) is 0 Å². The first kappa shape index (κ1) is 14.1. The van der Waals surface area contributed by atoms with Crippen LogP contribution in [0.3, 0.4) is 0 Å². The number of carbonyl (C=O) groups excluding carboxylic acids is 1. The van der Waals surface area contributed by atoms with Gasteiger partial charge < -0.3 is 0 Å². The summed E-state index contributed by atoms with van der Waals surface area (Å²) in [5.74, 6) is -0.0497. The maximum Gasteiger partial charge on any atom is 0.163 e. The van der Waals surface area contributed by atoms with Crippen LogP contribution in [-0.4, -0.2) is 5.78 Å². The van der Waals surface area contributed by atoms with Gasteiger partial charge >= 0.3 is 0 Å². The van der Waals surface area contributed by atoms with Crippen LogP contribution in [0, 0.1) is 5.82 Å². The first-order valence-electron chi connectivity index (χ1n) is 5.74. The second-order valence-electron chi connectivity index (χ2n) is 4.08. The number of hydrogen-bond acceptors (Lipinski definition) is 2. The molecule has 1 nitrogen and oxygen atoms in total. The number of rotatable bonds is 4. The minimum absolute atomic E-state index is 0.168. The van der Waals surface area contributed by atoms with Crippen molar-refractivity contribution in [1.29, 1.82) is 0 Å². The molecule has 0 aliphatic heterocycles. The Kier molecular flexibility index (Phi) is 4.61. The summed E-state index contributed by atoms with van der Waals surface area (Å²) in [6.07, 6.45) is 0. The van der Waals surface area contributed by atoms with Crippen LogP contribution < -0.4 is 0 Å². The van der Waals surface area contributed by atoms with Crippen molar-refractivity contribution < 1.29 is 9.18 Å². The minimum Gasteiger partial charge on any atom is -0.294 e. The summed E-state index contributed by atoms with van der Waals surface area (Å²) in [6, 6.07) is 12.2. The molecule has 0 aromatic heterocycles. The summed E-state index contributed by atoms with van der Waals surface area (Å²) >= 11 is 7.26. The molecule has 2 rings (SSSR count). The van der Waals surface area contributed by atoms with Gasteiger partial charge in [-0.3, -0.25) is 4.79 Å². The quantitative estimate of drug-likeness (QED) is 0.585. The summed E-state index contributed by atoms with van der Waals surface area (Å²) in [5, 5.41) is 0.684. The van der Waals surface area contributed by atoms with Crippen LogP contribution in [0.1, 0.15) is 22.8 Å². The molecule has 2 aromatic rings. The van der Waals surface area contributed by atoms with Crippen molar-refractivity contribution in [2.24, 2.45) is 0 Å². The highest BCUT2D eigenvalue weighted by Gasteiger charge is 2.13. The third-order valence-corrected chi connectivity index (χ3v) is 4.02. The molecule has 2 aromatic carbocycles. The zero-order valence-electron chi connectivity index (χ0n) is 10.3. The molecule has 0 unspecified atom stereocenters.